The number of aromatic hydroxyl groups is 1. The van der Waals surface area contributed by atoms with Crippen LogP contribution in [0.4, 0.5) is 0 Å². The van der Waals surface area contributed by atoms with Crippen LogP contribution in [0, 0.1) is 13.8 Å². The highest BCUT2D eigenvalue weighted by Crippen LogP contribution is 2.47. The lowest BCUT2D eigenvalue weighted by molar-refractivity contribution is 0.0730. The van der Waals surface area contributed by atoms with Crippen LogP contribution in [0.25, 0.3) is 11.3 Å². The largest absolute Gasteiger partial charge is 0.507 e. The molecule has 0 saturated carbocycles. The zero-order chi connectivity index (χ0) is 29.4. The summed E-state index contributed by atoms with van der Waals surface area (Å²) >= 11 is 6.54. The minimum absolute atomic E-state index is 0.132. The number of methoxy groups -OCH3 is 1. The van der Waals surface area contributed by atoms with Gasteiger partial charge in [0.15, 0.2) is 11.5 Å². The number of phenols is 1. The normalized spacial score (nSPS) is 14.2. The second-order valence-corrected chi connectivity index (χ2v) is 10.9. The maximum atomic E-state index is 13.9. The Bertz CT molecular complexity index is 1780. The van der Waals surface area contributed by atoms with E-state index in [1.165, 1.54) is 0 Å². The summed E-state index contributed by atoms with van der Waals surface area (Å²) in [5.74, 6) is 1.06. The lowest BCUT2D eigenvalue weighted by Crippen LogP contribution is -2.29. The molecule has 1 amide bonds. The van der Waals surface area contributed by atoms with Gasteiger partial charge in [0.2, 0.25) is 0 Å². The molecule has 0 aliphatic carbocycles. The number of rotatable bonds is 8. The molecule has 2 heterocycles. The first kappa shape index (κ1) is 27.4. The van der Waals surface area contributed by atoms with Crippen LogP contribution in [0.15, 0.2) is 84.9 Å². The Kier molecular flexibility index (Phi) is 7.35. The van der Waals surface area contributed by atoms with Gasteiger partial charge in [-0.15, -0.1) is 0 Å². The summed E-state index contributed by atoms with van der Waals surface area (Å²) in [6, 6.07) is 26.4. The van der Waals surface area contributed by atoms with Gasteiger partial charge in [0.25, 0.3) is 5.91 Å². The first-order valence-electron chi connectivity index (χ1n) is 13.6. The van der Waals surface area contributed by atoms with E-state index in [1.807, 2.05) is 98.8 Å². The fraction of sp³-hybridized carbons (Fsp3) is 0.176. The van der Waals surface area contributed by atoms with Crippen LogP contribution in [0.2, 0.25) is 5.02 Å². The SMILES string of the molecule is COc1cc(C2c3c(-c4cc(C)cc(C)c4O)n[nH]c3C(=O)N2Cc2ccccc2Cl)ccc1OCc1ccccc1. The van der Waals surface area contributed by atoms with Crippen molar-refractivity contribution in [2.24, 2.45) is 0 Å². The molecule has 8 heteroatoms. The van der Waals surface area contributed by atoms with E-state index < -0.39 is 6.04 Å². The fourth-order valence-electron chi connectivity index (χ4n) is 5.57. The molecular formula is C34H30ClN3O4. The van der Waals surface area contributed by atoms with Crippen molar-refractivity contribution in [3.8, 4) is 28.5 Å². The van der Waals surface area contributed by atoms with Gasteiger partial charge in [-0.1, -0.05) is 72.3 Å². The standard InChI is InChI=1S/C34H30ClN3O4/c1-20-15-21(2)33(39)25(16-20)30-29-31(37-36-30)34(40)38(18-24-11-7-8-12-26(24)35)32(29)23-13-14-27(28(17-23)41-3)42-19-22-9-5-4-6-10-22/h4-17,32,39H,18-19H2,1-3H3,(H,36,37). The van der Waals surface area contributed by atoms with Crippen LogP contribution in [0.3, 0.4) is 0 Å². The number of nitrogens with one attached hydrogen (secondary N) is 1. The van der Waals surface area contributed by atoms with E-state index in [-0.39, 0.29) is 18.2 Å². The number of halogens is 1. The third-order valence-electron chi connectivity index (χ3n) is 7.60. The van der Waals surface area contributed by atoms with E-state index in [9.17, 15) is 9.90 Å². The number of aromatic amines is 1. The number of H-pyrrole nitrogens is 1. The number of carbonyl (C=O) groups is 1. The molecule has 5 aromatic rings. The Balaban J connectivity index is 1.46. The molecule has 42 heavy (non-hydrogen) atoms. The molecule has 7 nitrogen and oxygen atoms in total. The van der Waals surface area contributed by atoms with E-state index in [1.54, 1.807) is 12.0 Å². The maximum Gasteiger partial charge on any atom is 0.273 e. The molecule has 1 atom stereocenters. The third kappa shape index (κ3) is 4.97. The molecule has 1 aliphatic rings. The predicted molar refractivity (Wildman–Crippen MR) is 162 cm³/mol. The molecular weight excluding hydrogens is 550 g/mol. The van der Waals surface area contributed by atoms with E-state index in [2.05, 4.69) is 10.2 Å². The monoisotopic (exact) mass is 579 g/mol. The summed E-state index contributed by atoms with van der Waals surface area (Å²) < 4.78 is 11.9. The molecule has 0 radical (unpaired) electrons. The Morgan fingerprint density at radius 3 is 2.50 bits per heavy atom. The molecule has 212 valence electrons. The molecule has 1 aliphatic heterocycles. The summed E-state index contributed by atoms with van der Waals surface area (Å²) in [5.41, 5.74) is 6.54. The number of ether oxygens (including phenoxy) is 2. The predicted octanol–water partition coefficient (Wildman–Crippen LogP) is 7.39. The molecule has 1 unspecified atom stereocenters. The number of phenolic OH excluding ortho intramolecular Hbond substituents is 1. The quantitative estimate of drug-likeness (QED) is 0.200. The van der Waals surface area contributed by atoms with Crippen LogP contribution in [-0.2, 0) is 13.2 Å². The molecule has 1 aromatic heterocycles. The number of carbonyl (C=O) groups excluding carboxylic acids is 1. The zero-order valence-corrected chi connectivity index (χ0v) is 24.3. The fourth-order valence-corrected chi connectivity index (χ4v) is 5.77. The molecule has 0 spiro atoms. The van der Waals surface area contributed by atoms with E-state index >= 15 is 0 Å². The van der Waals surface area contributed by atoms with Crippen LogP contribution in [0.1, 0.15) is 49.9 Å². The summed E-state index contributed by atoms with van der Waals surface area (Å²) in [5, 5.41) is 19.1. The highest BCUT2D eigenvalue weighted by Gasteiger charge is 2.43. The van der Waals surface area contributed by atoms with E-state index in [0.717, 1.165) is 27.8 Å². The van der Waals surface area contributed by atoms with Crippen molar-refractivity contribution in [3.63, 3.8) is 0 Å². The lowest BCUT2D eigenvalue weighted by Gasteiger charge is -2.27. The van der Waals surface area contributed by atoms with Crippen LogP contribution < -0.4 is 9.47 Å². The van der Waals surface area contributed by atoms with Crippen molar-refractivity contribution in [1.29, 1.82) is 0 Å². The number of hydrogen-bond acceptors (Lipinski definition) is 5. The zero-order valence-electron chi connectivity index (χ0n) is 23.5. The van der Waals surface area contributed by atoms with Crippen LogP contribution >= 0.6 is 11.6 Å². The van der Waals surface area contributed by atoms with Crippen molar-refractivity contribution in [2.45, 2.75) is 33.0 Å². The van der Waals surface area contributed by atoms with Crippen molar-refractivity contribution in [3.05, 3.63) is 129 Å². The maximum absolute atomic E-state index is 13.9. The number of aromatic nitrogens is 2. The van der Waals surface area contributed by atoms with Crippen molar-refractivity contribution < 1.29 is 19.4 Å². The van der Waals surface area contributed by atoms with Gasteiger partial charge in [-0.05, 0) is 65.9 Å². The molecule has 6 rings (SSSR count). The van der Waals surface area contributed by atoms with Crippen LogP contribution in [0.5, 0.6) is 17.2 Å². The van der Waals surface area contributed by atoms with Gasteiger partial charge in [-0.2, -0.15) is 5.10 Å². The van der Waals surface area contributed by atoms with Gasteiger partial charge in [-0.25, -0.2) is 0 Å². The summed E-state index contributed by atoms with van der Waals surface area (Å²) in [6.07, 6.45) is 0. The highest BCUT2D eigenvalue weighted by molar-refractivity contribution is 6.31. The Morgan fingerprint density at radius 2 is 1.74 bits per heavy atom. The second kappa shape index (κ2) is 11.3. The van der Waals surface area contributed by atoms with Gasteiger partial charge in [0, 0.05) is 22.7 Å². The van der Waals surface area contributed by atoms with Crippen molar-refractivity contribution in [1.82, 2.24) is 15.1 Å². The minimum Gasteiger partial charge on any atom is -0.507 e. The average molecular weight is 580 g/mol. The smallest absolute Gasteiger partial charge is 0.273 e. The highest BCUT2D eigenvalue weighted by atomic mass is 35.5. The summed E-state index contributed by atoms with van der Waals surface area (Å²) in [6.45, 7) is 4.48. The molecule has 4 aromatic carbocycles. The second-order valence-electron chi connectivity index (χ2n) is 10.5. The van der Waals surface area contributed by atoms with Gasteiger partial charge in [0.1, 0.15) is 23.7 Å². The Hall–Kier alpha value is -4.75. The number of fused-ring (bicyclic) bond motifs is 1. The third-order valence-corrected chi connectivity index (χ3v) is 7.97. The number of nitrogens with zero attached hydrogens (tertiary/aromatic N) is 2. The van der Waals surface area contributed by atoms with Gasteiger partial charge in [-0.3, -0.25) is 9.89 Å². The van der Waals surface area contributed by atoms with Gasteiger partial charge in [0.05, 0.1) is 13.2 Å². The number of hydrogen-bond donors (Lipinski definition) is 2. The topological polar surface area (TPSA) is 87.7 Å². The molecule has 2 N–H and O–H groups in total. The lowest BCUT2D eigenvalue weighted by atomic mass is 9.93. The van der Waals surface area contributed by atoms with Crippen molar-refractivity contribution >= 4 is 17.5 Å². The number of amides is 1. The van der Waals surface area contributed by atoms with E-state index in [4.69, 9.17) is 21.1 Å². The summed E-state index contributed by atoms with van der Waals surface area (Å²) in [7, 11) is 1.60. The molecule has 0 fully saturated rings. The van der Waals surface area contributed by atoms with Crippen LogP contribution in [-0.4, -0.2) is 33.2 Å². The molecule has 0 saturated heterocycles. The number of benzene rings is 4. The number of aryl methyl sites for hydroxylation is 2. The average Bonchev–Trinajstić information content (AvgIpc) is 3.54. The first-order valence-corrected chi connectivity index (χ1v) is 14.0. The van der Waals surface area contributed by atoms with E-state index in [0.29, 0.717) is 45.6 Å². The van der Waals surface area contributed by atoms with Crippen molar-refractivity contribution in [2.75, 3.05) is 7.11 Å². The minimum atomic E-state index is -0.533. The Morgan fingerprint density at radius 1 is 0.976 bits per heavy atom. The molecule has 0 bridgehead atoms. The Labute approximate surface area is 249 Å². The van der Waals surface area contributed by atoms with Gasteiger partial charge < -0.3 is 19.5 Å². The first-order chi connectivity index (χ1) is 20.4. The van der Waals surface area contributed by atoms with Gasteiger partial charge >= 0.3 is 0 Å². The summed E-state index contributed by atoms with van der Waals surface area (Å²) in [4.78, 5) is 15.7.